The molecule has 2 aromatic rings. The van der Waals surface area contributed by atoms with Gasteiger partial charge in [-0.2, -0.15) is 11.8 Å². The SMILES string of the molecule is Cc1ccc(C2CSCCN2C(=O)NCc2ccc(C(=O)O)cc2)cc1. The van der Waals surface area contributed by atoms with Crippen molar-refractivity contribution in [2.75, 3.05) is 18.1 Å². The number of nitrogens with one attached hydrogen (secondary N) is 1. The molecule has 0 aliphatic carbocycles. The van der Waals surface area contributed by atoms with Crippen molar-refractivity contribution in [2.24, 2.45) is 0 Å². The highest BCUT2D eigenvalue weighted by Crippen LogP contribution is 2.29. The number of carbonyl (C=O) groups excluding carboxylic acids is 1. The summed E-state index contributed by atoms with van der Waals surface area (Å²) in [6.45, 7) is 3.15. The highest BCUT2D eigenvalue weighted by atomic mass is 32.2. The molecule has 1 aliphatic rings. The number of rotatable bonds is 4. The number of carboxylic acids is 1. The minimum atomic E-state index is -0.952. The van der Waals surface area contributed by atoms with E-state index in [2.05, 4.69) is 36.5 Å². The summed E-state index contributed by atoms with van der Waals surface area (Å²) < 4.78 is 0. The molecule has 0 spiro atoms. The van der Waals surface area contributed by atoms with Crippen molar-refractivity contribution in [3.63, 3.8) is 0 Å². The topological polar surface area (TPSA) is 69.6 Å². The first-order valence-electron chi connectivity index (χ1n) is 8.55. The number of carbonyl (C=O) groups is 2. The summed E-state index contributed by atoms with van der Waals surface area (Å²) in [5.74, 6) is 0.875. The van der Waals surface area contributed by atoms with Gasteiger partial charge in [-0.25, -0.2) is 9.59 Å². The molecule has 0 aromatic heterocycles. The number of hydrogen-bond acceptors (Lipinski definition) is 3. The molecule has 1 aliphatic heterocycles. The molecule has 26 heavy (non-hydrogen) atoms. The summed E-state index contributed by atoms with van der Waals surface area (Å²) in [6.07, 6.45) is 0. The van der Waals surface area contributed by atoms with Crippen molar-refractivity contribution in [1.82, 2.24) is 10.2 Å². The van der Waals surface area contributed by atoms with Crippen molar-refractivity contribution < 1.29 is 14.7 Å². The van der Waals surface area contributed by atoms with Crippen molar-refractivity contribution in [1.29, 1.82) is 0 Å². The number of amides is 2. The second-order valence-corrected chi connectivity index (χ2v) is 7.51. The lowest BCUT2D eigenvalue weighted by molar-refractivity contribution is 0.0697. The Hall–Kier alpha value is -2.47. The standard InChI is InChI=1S/C20H22N2O3S/c1-14-2-6-16(7-3-14)18-13-26-11-10-22(18)20(25)21-12-15-4-8-17(9-5-15)19(23)24/h2-9,18H,10-13H2,1H3,(H,21,25)(H,23,24). The van der Waals surface area contributed by atoms with Crippen molar-refractivity contribution in [3.8, 4) is 0 Å². The van der Waals surface area contributed by atoms with Gasteiger partial charge >= 0.3 is 12.0 Å². The zero-order chi connectivity index (χ0) is 18.5. The van der Waals surface area contributed by atoms with Gasteiger partial charge in [-0.1, -0.05) is 42.0 Å². The summed E-state index contributed by atoms with van der Waals surface area (Å²) in [5, 5.41) is 11.9. The minimum absolute atomic E-state index is 0.0729. The highest BCUT2D eigenvalue weighted by Gasteiger charge is 2.28. The van der Waals surface area contributed by atoms with E-state index in [4.69, 9.17) is 5.11 Å². The number of urea groups is 1. The van der Waals surface area contributed by atoms with Gasteiger partial charge in [0.05, 0.1) is 11.6 Å². The van der Waals surface area contributed by atoms with Gasteiger partial charge in [0, 0.05) is 24.6 Å². The lowest BCUT2D eigenvalue weighted by Gasteiger charge is -2.35. The average molecular weight is 370 g/mol. The fraction of sp³-hybridized carbons (Fsp3) is 0.300. The van der Waals surface area contributed by atoms with E-state index in [1.807, 2.05) is 16.7 Å². The summed E-state index contributed by atoms with van der Waals surface area (Å²) in [6, 6.07) is 14.9. The van der Waals surface area contributed by atoms with E-state index in [0.717, 1.165) is 22.6 Å². The molecule has 136 valence electrons. The smallest absolute Gasteiger partial charge is 0.335 e. The van der Waals surface area contributed by atoms with Crippen molar-refractivity contribution in [2.45, 2.75) is 19.5 Å². The van der Waals surface area contributed by atoms with Crippen LogP contribution in [0.3, 0.4) is 0 Å². The van der Waals surface area contributed by atoms with Crippen LogP contribution in [0.15, 0.2) is 48.5 Å². The van der Waals surface area contributed by atoms with Crippen molar-refractivity contribution >= 4 is 23.8 Å². The lowest BCUT2D eigenvalue weighted by Crippen LogP contribution is -2.46. The molecule has 2 N–H and O–H groups in total. The normalized spacial score (nSPS) is 17.0. The summed E-state index contributed by atoms with van der Waals surface area (Å²) in [4.78, 5) is 25.5. The van der Waals surface area contributed by atoms with Crippen LogP contribution in [0, 0.1) is 6.92 Å². The molecule has 6 heteroatoms. The third-order valence-electron chi connectivity index (χ3n) is 4.50. The Morgan fingerprint density at radius 3 is 2.50 bits per heavy atom. The van der Waals surface area contributed by atoms with E-state index in [9.17, 15) is 9.59 Å². The Bertz CT molecular complexity index is 775. The van der Waals surface area contributed by atoms with Crippen LogP contribution in [-0.4, -0.2) is 40.1 Å². The summed E-state index contributed by atoms with van der Waals surface area (Å²) in [5.41, 5.74) is 3.48. The van der Waals surface area contributed by atoms with Gasteiger partial charge in [0.25, 0.3) is 0 Å². The molecular formula is C20H22N2O3S. The van der Waals surface area contributed by atoms with Gasteiger partial charge < -0.3 is 15.3 Å². The van der Waals surface area contributed by atoms with E-state index >= 15 is 0 Å². The highest BCUT2D eigenvalue weighted by molar-refractivity contribution is 7.99. The third-order valence-corrected chi connectivity index (χ3v) is 5.52. The first kappa shape index (κ1) is 18.3. The zero-order valence-corrected chi connectivity index (χ0v) is 15.5. The molecule has 1 fully saturated rings. The first-order chi connectivity index (χ1) is 12.5. The Balaban J connectivity index is 1.64. The molecule has 1 heterocycles. The Morgan fingerprint density at radius 1 is 1.15 bits per heavy atom. The summed E-state index contributed by atoms with van der Waals surface area (Å²) >= 11 is 1.86. The van der Waals surface area contributed by atoms with Gasteiger partial charge in [-0.3, -0.25) is 0 Å². The number of thioether (sulfide) groups is 1. The monoisotopic (exact) mass is 370 g/mol. The van der Waals surface area contributed by atoms with Crippen LogP contribution >= 0.6 is 11.8 Å². The molecule has 0 saturated carbocycles. The number of aromatic carboxylic acids is 1. The van der Waals surface area contributed by atoms with Crippen LogP contribution in [0.4, 0.5) is 4.79 Å². The van der Waals surface area contributed by atoms with Gasteiger partial charge in [0.15, 0.2) is 0 Å². The van der Waals surface area contributed by atoms with Crippen molar-refractivity contribution in [3.05, 3.63) is 70.8 Å². The maximum atomic E-state index is 12.7. The Kier molecular flexibility index (Phi) is 5.83. The number of carboxylic acid groups (broad SMARTS) is 1. The molecule has 1 saturated heterocycles. The molecule has 0 bridgehead atoms. The zero-order valence-electron chi connectivity index (χ0n) is 14.6. The quantitative estimate of drug-likeness (QED) is 0.861. The van der Waals surface area contributed by atoms with E-state index in [0.29, 0.717) is 13.1 Å². The molecule has 1 atom stereocenters. The van der Waals surface area contributed by atoms with E-state index in [1.54, 1.807) is 24.3 Å². The Labute approximate surface area is 157 Å². The van der Waals surface area contributed by atoms with Crippen LogP contribution in [0.5, 0.6) is 0 Å². The molecule has 2 aromatic carbocycles. The second kappa shape index (κ2) is 8.27. The fourth-order valence-electron chi connectivity index (χ4n) is 2.96. The largest absolute Gasteiger partial charge is 0.478 e. The third kappa shape index (κ3) is 4.38. The summed E-state index contributed by atoms with van der Waals surface area (Å²) in [7, 11) is 0. The van der Waals surface area contributed by atoms with Crippen LogP contribution in [0.2, 0.25) is 0 Å². The molecular weight excluding hydrogens is 348 g/mol. The molecule has 2 amide bonds. The van der Waals surface area contributed by atoms with Crippen LogP contribution in [0.1, 0.15) is 33.1 Å². The maximum absolute atomic E-state index is 12.7. The first-order valence-corrected chi connectivity index (χ1v) is 9.71. The molecule has 3 rings (SSSR count). The van der Waals surface area contributed by atoms with E-state index in [-0.39, 0.29) is 17.6 Å². The van der Waals surface area contributed by atoms with Gasteiger partial charge in [-0.05, 0) is 30.2 Å². The second-order valence-electron chi connectivity index (χ2n) is 6.36. The predicted octanol–water partition coefficient (Wildman–Crippen LogP) is 3.69. The van der Waals surface area contributed by atoms with Gasteiger partial charge in [-0.15, -0.1) is 0 Å². The molecule has 1 unspecified atom stereocenters. The number of nitrogens with zero attached hydrogens (tertiary/aromatic N) is 1. The fourth-order valence-corrected chi connectivity index (χ4v) is 4.04. The minimum Gasteiger partial charge on any atom is -0.478 e. The molecule has 0 radical (unpaired) electrons. The molecule has 5 nitrogen and oxygen atoms in total. The van der Waals surface area contributed by atoms with Crippen LogP contribution in [-0.2, 0) is 6.54 Å². The van der Waals surface area contributed by atoms with Gasteiger partial charge in [0.2, 0.25) is 0 Å². The number of benzene rings is 2. The number of hydrogen-bond donors (Lipinski definition) is 2. The van der Waals surface area contributed by atoms with Crippen LogP contribution in [0.25, 0.3) is 0 Å². The van der Waals surface area contributed by atoms with E-state index < -0.39 is 5.97 Å². The van der Waals surface area contributed by atoms with Crippen LogP contribution < -0.4 is 5.32 Å². The lowest BCUT2D eigenvalue weighted by atomic mass is 10.1. The van der Waals surface area contributed by atoms with Gasteiger partial charge in [0.1, 0.15) is 0 Å². The van der Waals surface area contributed by atoms with E-state index in [1.165, 1.54) is 5.56 Å². The maximum Gasteiger partial charge on any atom is 0.335 e. The Morgan fingerprint density at radius 2 is 1.85 bits per heavy atom. The predicted molar refractivity (Wildman–Crippen MR) is 104 cm³/mol. The number of aryl methyl sites for hydroxylation is 1. The average Bonchev–Trinajstić information content (AvgIpc) is 2.67.